The fourth-order valence-corrected chi connectivity index (χ4v) is 5.39. The first-order valence-electron chi connectivity index (χ1n) is 11.7. The molecule has 0 radical (unpaired) electrons. The lowest BCUT2D eigenvalue weighted by atomic mass is 10.0. The molecule has 3 rings (SSSR count). The second kappa shape index (κ2) is 11.6. The normalized spacial score (nSPS) is 15.8. The molecule has 0 bridgehead atoms. The van der Waals surface area contributed by atoms with Crippen LogP contribution in [0.2, 0.25) is 0 Å². The fraction of sp³-hybridized carbons (Fsp3) is 0.500. The summed E-state index contributed by atoms with van der Waals surface area (Å²) in [6.45, 7) is -2.84. The van der Waals surface area contributed by atoms with Crippen molar-refractivity contribution < 1.29 is 59.6 Å². The molecule has 2 amide bonds. The molecule has 0 unspecified atom stereocenters. The Hall–Kier alpha value is -3.87. The van der Waals surface area contributed by atoms with Gasteiger partial charge in [0.15, 0.2) is 4.90 Å². The van der Waals surface area contributed by atoms with Crippen molar-refractivity contribution in [3.63, 3.8) is 0 Å². The summed E-state index contributed by atoms with van der Waals surface area (Å²) < 4.78 is 107. The van der Waals surface area contributed by atoms with Crippen LogP contribution in [0, 0.1) is 0 Å². The summed E-state index contributed by atoms with van der Waals surface area (Å²) in [7, 11) is -4.92. The quantitative estimate of drug-likeness (QED) is 0.341. The minimum absolute atomic E-state index is 0.00785. The number of carboxylic acid groups (broad SMARTS) is 1. The molecule has 13 nitrogen and oxygen atoms in total. The zero-order valence-corrected chi connectivity index (χ0v) is 22.5. The lowest BCUT2D eigenvalue weighted by molar-refractivity contribution is -0.175. The largest absolute Gasteiger partial charge is 0.484 e. The Bertz CT molecular complexity index is 1400. The lowest BCUT2D eigenvalue weighted by Gasteiger charge is -2.39. The van der Waals surface area contributed by atoms with Crippen LogP contribution in [-0.2, 0) is 14.8 Å². The van der Waals surface area contributed by atoms with Crippen LogP contribution in [-0.4, -0.2) is 84.5 Å². The Labute approximate surface area is 230 Å². The number of aliphatic hydroxyl groups excluding tert-OH is 1. The number of nitrogens with one attached hydrogen (secondary N) is 1. The molecular formula is C22H26F5N5O8S. The number of carbonyl (C=O) groups is 2. The Morgan fingerprint density at radius 3 is 2.49 bits per heavy atom. The molecule has 1 aliphatic heterocycles. The molecule has 1 aromatic carbocycles. The summed E-state index contributed by atoms with van der Waals surface area (Å²) in [5.74, 6) is -1.52. The summed E-state index contributed by atoms with van der Waals surface area (Å²) in [5, 5.41) is 24.6. The van der Waals surface area contributed by atoms with Gasteiger partial charge < -0.3 is 25.0 Å². The predicted octanol–water partition coefficient (Wildman–Crippen LogP) is 2.57. The van der Waals surface area contributed by atoms with Crippen molar-refractivity contribution in [2.45, 2.75) is 50.0 Å². The number of benzene rings is 1. The molecule has 228 valence electrons. The fourth-order valence-electron chi connectivity index (χ4n) is 3.83. The van der Waals surface area contributed by atoms with Gasteiger partial charge in [0.1, 0.15) is 24.0 Å². The first-order valence-corrected chi connectivity index (χ1v) is 13.1. The first kappa shape index (κ1) is 31.7. The van der Waals surface area contributed by atoms with E-state index in [4.69, 9.17) is 14.6 Å². The van der Waals surface area contributed by atoms with Gasteiger partial charge in [-0.2, -0.15) is 22.0 Å². The standard InChI is InChI=1S/C22H26F5N5O8S/c1-12(34)28-9-14-10-31(41(37,38)17-11-30(19(23)24)29-18(17)39-7-6-33)15-8-13(4-5-16(15)40-14)32(20(35)36)21(2,3)22(25,26)27/h4-5,8,11,14,19,33H,6-7,9-10H2,1-3H3,(H,28,34)(H,35,36)/t14-/m0/s1. The SMILES string of the molecule is CC(=O)NC[C@H]1CN(S(=O)(=O)c2cn(C(F)F)nc2OCCO)c2cc(N(C(=O)O)C(C)(C)C(F)(F)F)ccc2O1. The Morgan fingerprint density at radius 1 is 1.29 bits per heavy atom. The molecule has 3 N–H and O–H groups in total. The molecule has 1 aromatic heterocycles. The van der Waals surface area contributed by atoms with Crippen LogP contribution >= 0.6 is 0 Å². The number of fused-ring (bicyclic) bond motifs is 1. The van der Waals surface area contributed by atoms with Gasteiger partial charge in [0.25, 0.3) is 15.9 Å². The van der Waals surface area contributed by atoms with Crippen LogP contribution in [0.1, 0.15) is 27.3 Å². The molecule has 0 spiro atoms. The molecule has 0 saturated heterocycles. The Kier molecular flexibility index (Phi) is 8.92. The topological polar surface area (TPSA) is 164 Å². The summed E-state index contributed by atoms with van der Waals surface area (Å²) in [6, 6.07) is 2.84. The zero-order chi connectivity index (χ0) is 30.9. The number of amides is 2. The van der Waals surface area contributed by atoms with Gasteiger partial charge in [0.05, 0.1) is 37.3 Å². The van der Waals surface area contributed by atoms with Gasteiger partial charge in [0.2, 0.25) is 5.91 Å². The summed E-state index contributed by atoms with van der Waals surface area (Å²) in [5.41, 5.74) is -3.98. The second-order valence-electron chi connectivity index (χ2n) is 9.17. The van der Waals surface area contributed by atoms with E-state index in [2.05, 4.69) is 10.4 Å². The van der Waals surface area contributed by atoms with Crippen molar-refractivity contribution in [3.05, 3.63) is 24.4 Å². The number of aliphatic hydroxyl groups is 1. The molecule has 2 aromatic rings. The minimum atomic E-state index is -5.05. The predicted molar refractivity (Wildman–Crippen MR) is 131 cm³/mol. The van der Waals surface area contributed by atoms with E-state index in [0.29, 0.717) is 24.3 Å². The van der Waals surface area contributed by atoms with Gasteiger partial charge in [-0.1, -0.05) is 0 Å². The smallest absolute Gasteiger partial charge is 0.412 e. The number of hydrogen-bond acceptors (Lipinski definition) is 8. The van der Waals surface area contributed by atoms with Crippen molar-refractivity contribution in [1.29, 1.82) is 0 Å². The van der Waals surface area contributed by atoms with E-state index in [1.165, 1.54) is 6.92 Å². The molecule has 1 aliphatic rings. The van der Waals surface area contributed by atoms with E-state index in [-0.39, 0.29) is 21.9 Å². The number of anilines is 2. The lowest BCUT2D eigenvalue weighted by Crippen LogP contribution is -2.57. The first-order chi connectivity index (χ1) is 18.9. The van der Waals surface area contributed by atoms with E-state index in [1.807, 2.05) is 0 Å². The molecule has 41 heavy (non-hydrogen) atoms. The van der Waals surface area contributed by atoms with Crippen molar-refractivity contribution >= 4 is 33.4 Å². The number of hydrogen-bond donors (Lipinski definition) is 3. The summed E-state index contributed by atoms with van der Waals surface area (Å²) in [4.78, 5) is 22.5. The molecule has 0 aliphatic carbocycles. The number of halogens is 5. The highest BCUT2D eigenvalue weighted by Crippen LogP contribution is 2.44. The van der Waals surface area contributed by atoms with Crippen LogP contribution in [0.15, 0.2) is 29.3 Å². The minimum Gasteiger partial charge on any atom is -0.484 e. The van der Waals surface area contributed by atoms with Gasteiger partial charge in [-0.25, -0.2) is 17.9 Å². The molecule has 1 atom stereocenters. The highest BCUT2D eigenvalue weighted by Gasteiger charge is 2.54. The number of sulfonamides is 1. The third-order valence-electron chi connectivity index (χ3n) is 5.92. The summed E-state index contributed by atoms with van der Waals surface area (Å²) >= 11 is 0. The van der Waals surface area contributed by atoms with Crippen molar-refractivity contribution in [2.75, 3.05) is 35.5 Å². The second-order valence-corrected chi connectivity index (χ2v) is 11.0. The van der Waals surface area contributed by atoms with Gasteiger partial charge >= 0.3 is 18.8 Å². The van der Waals surface area contributed by atoms with Crippen LogP contribution in [0.3, 0.4) is 0 Å². The van der Waals surface area contributed by atoms with E-state index in [9.17, 15) is 45.1 Å². The van der Waals surface area contributed by atoms with Gasteiger partial charge in [-0.15, -0.1) is 5.10 Å². The molecule has 0 saturated carbocycles. The highest BCUT2D eigenvalue weighted by molar-refractivity contribution is 7.93. The van der Waals surface area contributed by atoms with Gasteiger partial charge in [0, 0.05) is 6.92 Å². The number of carbonyl (C=O) groups excluding carboxylic acids is 1. The molecule has 19 heteroatoms. The number of nitrogens with zero attached hydrogens (tertiary/aromatic N) is 4. The van der Waals surface area contributed by atoms with Gasteiger partial charge in [-0.3, -0.25) is 14.0 Å². The Balaban J connectivity index is 2.21. The molecule has 2 heterocycles. The monoisotopic (exact) mass is 615 g/mol. The number of ether oxygens (including phenoxy) is 2. The molecular weight excluding hydrogens is 589 g/mol. The molecule has 0 fully saturated rings. The van der Waals surface area contributed by atoms with E-state index >= 15 is 0 Å². The van der Waals surface area contributed by atoms with Crippen molar-refractivity contribution in [3.8, 4) is 11.6 Å². The van der Waals surface area contributed by atoms with Crippen LogP contribution in [0.5, 0.6) is 11.6 Å². The Morgan fingerprint density at radius 2 is 1.95 bits per heavy atom. The maximum Gasteiger partial charge on any atom is 0.412 e. The third kappa shape index (κ3) is 6.39. The average molecular weight is 616 g/mol. The van der Waals surface area contributed by atoms with E-state index in [1.54, 1.807) is 0 Å². The van der Waals surface area contributed by atoms with Crippen LogP contribution in [0.25, 0.3) is 0 Å². The highest BCUT2D eigenvalue weighted by atomic mass is 32.2. The van der Waals surface area contributed by atoms with E-state index < -0.39 is 88.3 Å². The average Bonchev–Trinajstić information content (AvgIpc) is 3.30. The summed E-state index contributed by atoms with van der Waals surface area (Å²) in [6.07, 6.45) is -7.65. The zero-order valence-electron chi connectivity index (χ0n) is 21.7. The number of alkyl halides is 5. The van der Waals surface area contributed by atoms with Crippen LogP contribution in [0.4, 0.5) is 38.1 Å². The van der Waals surface area contributed by atoms with Gasteiger partial charge in [-0.05, 0) is 32.0 Å². The van der Waals surface area contributed by atoms with Crippen LogP contribution < -0.4 is 24.0 Å². The third-order valence-corrected chi connectivity index (χ3v) is 7.68. The van der Waals surface area contributed by atoms with Crippen molar-refractivity contribution in [1.82, 2.24) is 15.1 Å². The number of aromatic nitrogens is 2. The maximum absolute atomic E-state index is 13.9. The maximum atomic E-state index is 13.9. The van der Waals surface area contributed by atoms with E-state index in [0.717, 1.165) is 18.2 Å². The number of rotatable bonds is 10. The van der Waals surface area contributed by atoms with Crippen molar-refractivity contribution in [2.24, 2.45) is 0 Å².